The number of nitrogens with zero attached hydrogens (tertiary/aromatic N) is 4. The van der Waals surface area contributed by atoms with E-state index in [1.54, 1.807) is 14.1 Å². The Morgan fingerprint density at radius 1 is 1.25 bits per heavy atom. The Balaban J connectivity index is 1.80. The zero-order valence-corrected chi connectivity index (χ0v) is 14.1. The molecule has 1 aliphatic heterocycles. The fourth-order valence-electron chi connectivity index (χ4n) is 3.06. The molecule has 1 aliphatic rings. The van der Waals surface area contributed by atoms with Crippen LogP contribution in [0.25, 0.3) is 11.4 Å². The number of aromatic nitrogens is 3. The normalized spacial score (nSPS) is 19.6. The van der Waals surface area contributed by atoms with Gasteiger partial charge in [-0.15, -0.1) is 0 Å². The topological polar surface area (TPSA) is 26.0 Å². The molecule has 24 heavy (non-hydrogen) atoms. The number of rotatable bonds is 3. The maximum absolute atomic E-state index is 12.9. The molecule has 1 aromatic carbocycles. The molecule has 0 bridgehead atoms. The van der Waals surface area contributed by atoms with Gasteiger partial charge in [0.05, 0.1) is 12.6 Å². The summed E-state index contributed by atoms with van der Waals surface area (Å²) in [5.74, 6) is -0.553. The van der Waals surface area contributed by atoms with E-state index in [9.17, 15) is 13.2 Å². The second-order valence-electron chi connectivity index (χ2n) is 6.13. The van der Waals surface area contributed by atoms with E-state index >= 15 is 0 Å². The van der Waals surface area contributed by atoms with Gasteiger partial charge in [0.25, 0.3) is 0 Å². The number of hydrogen-bond donors (Lipinski definition) is 0. The summed E-state index contributed by atoms with van der Waals surface area (Å²) in [4.78, 5) is 1.78. The maximum atomic E-state index is 12.9. The van der Waals surface area contributed by atoms with Crippen molar-refractivity contribution in [2.75, 3.05) is 13.1 Å². The highest BCUT2D eigenvalue weighted by Crippen LogP contribution is 2.33. The van der Waals surface area contributed by atoms with Crippen LogP contribution in [0.15, 0.2) is 30.3 Å². The molecule has 4 nitrogen and oxygen atoms in total. The van der Waals surface area contributed by atoms with Gasteiger partial charge in [-0.3, -0.25) is 4.90 Å². The third-order valence-electron chi connectivity index (χ3n) is 4.38. The molecule has 0 N–H and O–H groups in total. The summed E-state index contributed by atoms with van der Waals surface area (Å²) >= 11 is 5.40. The molecule has 1 aromatic heterocycles. The first kappa shape index (κ1) is 17.2. The summed E-state index contributed by atoms with van der Waals surface area (Å²) in [6.07, 6.45) is -3.40. The average molecular weight is 356 g/mol. The fourth-order valence-corrected chi connectivity index (χ4v) is 3.24. The average Bonchev–Trinajstić information content (AvgIpc) is 2.84. The van der Waals surface area contributed by atoms with E-state index in [4.69, 9.17) is 12.2 Å². The van der Waals surface area contributed by atoms with Crippen LogP contribution >= 0.6 is 12.2 Å². The summed E-state index contributed by atoms with van der Waals surface area (Å²) in [6.45, 7) is 0.917. The Bertz CT molecular complexity index is 751. The molecule has 8 heteroatoms. The van der Waals surface area contributed by atoms with Crippen LogP contribution in [0.1, 0.15) is 12.8 Å². The first-order valence-electron chi connectivity index (χ1n) is 7.84. The third kappa shape index (κ3) is 3.54. The van der Waals surface area contributed by atoms with E-state index in [1.165, 1.54) is 0 Å². The van der Waals surface area contributed by atoms with E-state index in [1.807, 2.05) is 37.4 Å². The molecule has 1 fully saturated rings. The van der Waals surface area contributed by atoms with Crippen molar-refractivity contribution < 1.29 is 13.2 Å². The quantitative estimate of drug-likeness (QED) is 0.782. The monoisotopic (exact) mass is 356 g/mol. The van der Waals surface area contributed by atoms with Crippen molar-refractivity contribution in [2.45, 2.75) is 25.7 Å². The van der Waals surface area contributed by atoms with Crippen molar-refractivity contribution in [1.29, 1.82) is 0 Å². The molecule has 0 spiro atoms. The molecule has 0 radical (unpaired) electrons. The predicted octanol–water partition coefficient (Wildman–Crippen LogP) is 3.85. The largest absolute Gasteiger partial charge is 0.393 e. The van der Waals surface area contributed by atoms with Gasteiger partial charge in [0, 0.05) is 19.2 Å². The smallest absolute Gasteiger partial charge is 0.303 e. The van der Waals surface area contributed by atoms with Gasteiger partial charge in [-0.2, -0.15) is 18.3 Å². The molecule has 0 saturated carbocycles. The maximum Gasteiger partial charge on any atom is 0.393 e. The molecule has 1 atom stereocenters. The number of piperidine rings is 1. The van der Waals surface area contributed by atoms with E-state index in [-0.39, 0.29) is 19.6 Å². The van der Waals surface area contributed by atoms with E-state index in [0.29, 0.717) is 23.6 Å². The second kappa shape index (κ2) is 6.68. The molecule has 0 amide bonds. The Morgan fingerprint density at radius 3 is 2.62 bits per heavy atom. The Kier molecular flexibility index (Phi) is 4.78. The summed E-state index contributed by atoms with van der Waals surface area (Å²) in [6, 6.07) is 9.61. The van der Waals surface area contributed by atoms with Crippen LogP contribution in [0.2, 0.25) is 0 Å². The number of hydrogen-bond acceptors (Lipinski definition) is 3. The lowest BCUT2D eigenvalue weighted by atomic mass is 9.98. The first-order valence-corrected chi connectivity index (χ1v) is 8.25. The zero-order chi connectivity index (χ0) is 17.3. The minimum absolute atomic E-state index is 0.00250. The van der Waals surface area contributed by atoms with Crippen LogP contribution < -0.4 is 0 Å². The lowest BCUT2D eigenvalue weighted by Crippen LogP contribution is -2.42. The van der Waals surface area contributed by atoms with Gasteiger partial charge in [-0.05, 0) is 31.6 Å². The summed E-state index contributed by atoms with van der Waals surface area (Å²) in [7, 11) is 1.82. The molecular weight excluding hydrogens is 337 g/mol. The Labute approximate surface area is 143 Å². The van der Waals surface area contributed by atoms with E-state index < -0.39 is 12.1 Å². The van der Waals surface area contributed by atoms with Crippen molar-refractivity contribution in [3.63, 3.8) is 0 Å². The zero-order valence-electron chi connectivity index (χ0n) is 13.3. The van der Waals surface area contributed by atoms with Crippen LogP contribution in [0.3, 0.4) is 0 Å². The highest BCUT2D eigenvalue weighted by molar-refractivity contribution is 7.71. The van der Waals surface area contributed by atoms with Crippen LogP contribution in [-0.2, 0) is 13.7 Å². The summed E-state index contributed by atoms with van der Waals surface area (Å²) in [5.41, 5.74) is 0.927. The Morgan fingerprint density at radius 2 is 1.96 bits per heavy atom. The second-order valence-corrected chi connectivity index (χ2v) is 6.50. The summed E-state index contributed by atoms with van der Waals surface area (Å²) < 4.78 is 42.7. The fraction of sp³-hybridized carbons (Fsp3) is 0.500. The molecule has 3 rings (SSSR count). The van der Waals surface area contributed by atoms with Gasteiger partial charge in [-0.1, -0.05) is 30.3 Å². The van der Waals surface area contributed by atoms with Gasteiger partial charge < -0.3 is 4.57 Å². The van der Waals surface area contributed by atoms with Crippen molar-refractivity contribution in [3.8, 4) is 11.4 Å². The molecule has 1 saturated heterocycles. The van der Waals surface area contributed by atoms with Crippen molar-refractivity contribution in [3.05, 3.63) is 35.1 Å². The van der Waals surface area contributed by atoms with Gasteiger partial charge in [-0.25, -0.2) is 4.68 Å². The van der Waals surface area contributed by atoms with Crippen LogP contribution in [-0.4, -0.2) is 38.5 Å². The van der Waals surface area contributed by atoms with Crippen molar-refractivity contribution >= 4 is 12.2 Å². The van der Waals surface area contributed by atoms with Crippen LogP contribution in [0.4, 0.5) is 13.2 Å². The van der Waals surface area contributed by atoms with E-state index in [2.05, 4.69) is 5.10 Å². The van der Waals surface area contributed by atoms with Crippen LogP contribution in [0.5, 0.6) is 0 Å². The third-order valence-corrected chi connectivity index (χ3v) is 4.86. The summed E-state index contributed by atoms with van der Waals surface area (Å²) in [5, 5.41) is 4.51. The lowest BCUT2D eigenvalue weighted by Gasteiger charge is -2.33. The SMILES string of the molecule is Cn1c(-c2ccccc2)nn(CN2CCCC(C(F)(F)F)C2)c1=S. The minimum Gasteiger partial charge on any atom is -0.303 e. The van der Waals surface area contributed by atoms with Crippen molar-refractivity contribution in [1.82, 2.24) is 19.2 Å². The number of alkyl halides is 3. The van der Waals surface area contributed by atoms with Gasteiger partial charge >= 0.3 is 6.18 Å². The number of halogens is 3. The van der Waals surface area contributed by atoms with Gasteiger partial charge in [0.2, 0.25) is 0 Å². The lowest BCUT2D eigenvalue weighted by molar-refractivity contribution is -0.188. The van der Waals surface area contributed by atoms with E-state index in [0.717, 1.165) is 5.56 Å². The Hall–Kier alpha value is -1.67. The van der Waals surface area contributed by atoms with Gasteiger partial charge in [0.1, 0.15) is 0 Å². The number of likely N-dealkylation sites (tertiary alicyclic amines) is 1. The first-order chi connectivity index (χ1) is 11.4. The molecule has 2 aromatic rings. The minimum atomic E-state index is -4.14. The molecule has 130 valence electrons. The predicted molar refractivity (Wildman–Crippen MR) is 87.8 cm³/mol. The molecular formula is C16H19F3N4S. The van der Waals surface area contributed by atoms with Crippen LogP contribution in [0, 0.1) is 10.7 Å². The van der Waals surface area contributed by atoms with Crippen molar-refractivity contribution in [2.24, 2.45) is 13.0 Å². The molecule has 0 aliphatic carbocycles. The highest BCUT2D eigenvalue weighted by atomic mass is 32.1. The highest BCUT2D eigenvalue weighted by Gasteiger charge is 2.41. The standard InChI is InChI=1S/C16H19F3N4S/c1-21-14(12-6-3-2-4-7-12)20-23(15(21)24)11-22-9-5-8-13(10-22)16(17,18)19/h2-4,6-7,13H,5,8-11H2,1H3. The molecule has 2 heterocycles. The number of benzene rings is 1. The molecule has 1 unspecified atom stereocenters. The van der Waals surface area contributed by atoms with Gasteiger partial charge in [0.15, 0.2) is 10.6 Å².